The van der Waals surface area contributed by atoms with E-state index in [1.165, 1.54) is 6.42 Å². The summed E-state index contributed by atoms with van der Waals surface area (Å²) in [5, 5.41) is 3.51. The van der Waals surface area contributed by atoms with Crippen molar-refractivity contribution in [2.24, 2.45) is 5.92 Å². The predicted molar refractivity (Wildman–Crippen MR) is 70.6 cm³/mol. The van der Waals surface area contributed by atoms with Crippen molar-refractivity contribution < 1.29 is 14.2 Å². The van der Waals surface area contributed by atoms with Crippen molar-refractivity contribution in [2.75, 3.05) is 27.9 Å². The van der Waals surface area contributed by atoms with Crippen molar-refractivity contribution in [2.45, 2.75) is 19.4 Å². The lowest BCUT2D eigenvalue weighted by Crippen LogP contribution is -2.18. The summed E-state index contributed by atoms with van der Waals surface area (Å²) in [6.45, 7) is 3.28. The molecule has 0 aliphatic carbocycles. The van der Waals surface area contributed by atoms with Crippen LogP contribution in [-0.4, -0.2) is 27.9 Å². The molecule has 100 valence electrons. The highest BCUT2D eigenvalue weighted by Gasteiger charge is 2.30. The highest BCUT2D eigenvalue weighted by Crippen LogP contribution is 2.42. The van der Waals surface area contributed by atoms with E-state index < -0.39 is 0 Å². The minimum Gasteiger partial charge on any atom is -0.496 e. The molecule has 1 aromatic carbocycles. The normalized spacial score (nSPS) is 22.9. The van der Waals surface area contributed by atoms with Gasteiger partial charge in [0.1, 0.15) is 17.2 Å². The molecule has 1 fully saturated rings. The van der Waals surface area contributed by atoms with E-state index in [4.69, 9.17) is 14.2 Å². The Morgan fingerprint density at radius 3 is 2.06 bits per heavy atom. The van der Waals surface area contributed by atoms with Gasteiger partial charge in [0, 0.05) is 18.2 Å². The molecule has 2 unspecified atom stereocenters. The first-order valence-corrected chi connectivity index (χ1v) is 6.24. The van der Waals surface area contributed by atoms with Gasteiger partial charge in [-0.3, -0.25) is 0 Å². The van der Waals surface area contributed by atoms with Gasteiger partial charge >= 0.3 is 0 Å². The van der Waals surface area contributed by atoms with E-state index in [0.29, 0.717) is 5.92 Å². The Morgan fingerprint density at radius 2 is 1.67 bits per heavy atom. The van der Waals surface area contributed by atoms with Crippen LogP contribution in [0.5, 0.6) is 17.2 Å². The van der Waals surface area contributed by atoms with Gasteiger partial charge in [0.2, 0.25) is 0 Å². The summed E-state index contributed by atoms with van der Waals surface area (Å²) in [4.78, 5) is 0. The summed E-state index contributed by atoms with van der Waals surface area (Å²) >= 11 is 0. The minimum absolute atomic E-state index is 0.279. The van der Waals surface area contributed by atoms with Crippen LogP contribution in [0.25, 0.3) is 0 Å². The third-order valence-corrected chi connectivity index (χ3v) is 3.60. The van der Waals surface area contributed by atoms with Gasteiger partial charge in [-0.25, -0.2) is 0 Å². The first-order chi connectivity index (χ1) is 8.71. The lowest BCUT2D eigenvalue weighted by Gasteiger charge is -2.22. The van der Waals surface area contributed by atoms with Crippen molar-refractivity contribution in [3.63, 3.8) is 0 Å². The van der Waals surface area contributed by atoms with E-state index in [-0.39, 0.29) is 6.04 Å². The van der Waals surface area contributed by atoms with Gasteiger partial charge in [-0.1, -0.05) is 6.92 Å². The van der Waals surface area contributed by atoms with Gasteiger partial charge in [0.05, 0.1) is 26.9 Å². The van der Waals surface area contributed by atoms with Crippen molar-refractivity contribution in [1.29, 1.82) is 0 Å². The summed E-state index contributed by atoms with van der Waals surface area (Å²) in [6, 6.07) is 4.09. The molecule has 2 atom stereocenters. The molecule has 0 amide bonds. The van der Waals surface area contributed by atoms with Crippen LogP contribution in [0.4, 0.5) is 0 Å². The molecular weight excluding hydrogens is 230 g/mol. The molecule has 1 N–H and O–H groups in total. The molecule has 1 heterocycles. The van der Waals surface area contributed by atoms with Crippen LogP contribution in [0.3, 0.4) is 0 Å². The molecular formula is C14H21NO3. The SMILES string of the molecule is COc1cc(OC)c(C2NCCC2C)c(OC)c1. The highest BCUT2D eigenvalue weighted by atomic mass is 16.5. The Morgan fingerprint density at radius 1 is 1.06 bits per heavy atom. The zero-order valence-electron chi connectivity index (χ0n) is 11.4. The maximum absolute atomic E-state index is 5.49. The van der Waals surface area contributed by atoms with E-state index in [9.17, 15) is 0 Å². The Balaban J connectivity index is 2.49. The smallest absolute Gasteiger partial charge is 0.131 e. The Bertz CT molecular complexity index is 394. The fourth-order valence-electron chi connectivity index (χ4n) is 2.56. The van der Waals surface area contributed by atoms with Crippen LogP contribution in [-0.2, 0) is 0 Å². The number of hydrogen-bond donors (Lipinski definition) is 1. The second-order valence-corrected chi connectivity index (χ2v) is 4.64. The van der Waals surface area contributed by atoms with Gasteiger partial charge in [-0.2, -0.15) is 0 Å². The van der Waals surface area contributed by atoms with E-state index >= 15 is 0 Å². The first-order valence-electron chi connectivity index (χ1n) is 6.24. The average Bonchev–Trinajstić information content (AvgIpc) is 2.82. The van der Waals surface area contributed by atoms with Crippen LogP contribution in [0.2, 0.25) is 0 Å². The zero-order valence-corrected chi connectivity index (χ0v) is 11.4. The number of nitrogens with one attached hydrogen (secondary N) is 1. The maximum Gasteiger partial charge on any atom is 0.131 e. The van der Waals surface area contributed by atoms with Crippen molar-refractivity contribution in [1.82, 2.24) is 5.32 Å². The maximum atomic E-state index is 5.49. The van der Waals surface area contributed by atoms with Crippen LogP contribution >= 0.6 is 0 Å². The van der Waals surface area contributed by atoms with Gasteiger partial charge in [0.15, 0.2) is 0 Å². The monoisotopic (exact) mass is 251 g/mol. The molecule has 1 aliphatic rings. The standard InChI is InChI=1S/C14H21NO3/c1-9-5-6-15-14(9)13-11(17-3)7-10(16-2)8-12(13)18-4/h7-9,14-15H,5-6H2,1-4H3. The molecule has 0 bridgehead atoms. The lowest BCUT2D eigenvalue weighted by atomic mass is 9.94. The number of hydrogen-bond acceptors (Lipinski definition) is 4. The molecule has 0 saturated carbocycles. The van der Waals surface area contributed by atoms with E-state index in [0.717, 1.165) is 29.4 Å². The summed E-state index contributed by atoms with van der Waals surface area (Å²) < 4.78 is 16.2. The molecule has 1 aliphatic heterocycles. The Labute approximate surface area is 108 Å². The Kier molecular flexibility index (Phi) is 3.97. The zero-order chi connectivity index (χ0) is 13.1. The van der Waals surface area contributed by atoms with E-state index in [1.54, 1.807) is 21.3 Å². The molecule has 2 rings (SSSR count). The molecule has 1 aromatic rings. The summed E-state index contributed by atoms with van der Waals surface area (Å²) in [5.41, 5.74) is 1.09. The lowest BCUT2D eigenvalue weighted by molar-refractivity contribution is 0.353. The molecule has 4 nitrogen and oxygen atoms in total. The van der Waals surface area contributed by atoms with Crippen molar-refractivity contribution in [3.05, 3.63) is 17.7 Å². The summed E-state index contributed by atoms with van der Waals surface area (Å²) in [7, 11) is 5.00. The molecule has 1 saturated heterocycles. The number of ether oxygens (including phenoxy) is 3. The topological polar surface area (TPSA) is 39.7 Å². The second kappa shape index (κ2) is 5.48. The summed E-state index contributed by atoms with van der Waals surface area (Å²) in [6.07, 6.45) is 1.17. The fraction of sp³-hybridized carbons (Fsp3) is 0.571. The quantitative estimate of drug-likeness (QED) is 0.892. The molecule has 0 radical (unpaired) electrons. The van der Waals surface area contributed by atoms with Gasteiger partial charge in [-0.05, 0) is 18.9 Å². The van der Waals surface area contributed by atoms with Crippen molar-refractivity contribution in [3.8, 4) is 17.2 Å². The average molecular weight is 251 g/mol. The molecule has 4 heteroatoms. The molecule has 0 aromatic heterocycles. The van der Waals surface area contributed by atoms with Crippen molar-refractivity contribution >= 4 is 0 Å². The third-order valence-electron chi connectivity index (χ3n) is 3.60. The molecule has 18 heavy (non-hydrogen) atoms. The predicted octanol–water partition coefficient (Wildman–Crippen LogP) is 2.38. The van der Waals surface area contributed by atoms with E-state index in [2.05, 4.69) is 12.2 Å². The highest BCUT2D eigenvalue weighted by molar-refractivity contribution is 5.52. The summed E-state index contributed by atoms with van der Waals surface area (Å²) in [5.74, 6) is 2.95. The van der Waals surface area contributed by atoms with Gasteiger partial charge < -0.3 is 19.5 Å². The van der Waals surface area contributed by atoms with Crippen LogP contribution in [0.1, 0.15) is 24.9 Å². The van der Waals surface area contributed by atoms with E-state index in [1.807, 2.05) is 12.1 Å². The molecule has 0 spiro atoms. The number of rotatable bonds is 4. The number of methoxy groups -OCH3 is 3. The Hall–Kier alpha value is -1.42. The van der Waals surface area contributed by atoms with Gasteiger partial charge in [-0.15, -0.1) is 0 Å². The van der Waals surface area contributed by atoms with Gasteiger partial charge in [0.25, 0.3) is 0 Å². The number of benzene rings is 1. The first kappa shape index (κ1) is 13.0. The van der Waals surface area contributed by atoms with Crippen LogP contribution in [0, 0.1) is 5.92 Å². The largest absolute Gasteiger partial charge is 0.496 e. The minimum atomic E-state index is 0.279. The fourth-order valence-corrected chi connectivity index (χ4v) is 2.56. The second-order valence-electron chi connectivity index (χ2n) is 4.64. The third kappa shape index (κ3) is 2.25. The van der Waals surface area contributed by atoms with Crippen LogP contribution < -0.4 is 19.5 Å². The van der Waals surface area contributed by atoms with Crippen LogP contribution in [0.15, 0.2) is 12.1 Å².